The molecule has 0 amide bonds. The molecule has 2 aromatic rings. The molecule has 0 bridgehead atoms. The van der Waals surface area contributed by atoms with Gasteiger partial charge in [0, 0.05) is 0 Å². The molecule has 31 heavy (non-hydrogen) atoms. The maximum atomic E-state index is 2.70. The van der Waals surface area contributed by atoms with E-state index in [9.17, 15) is 0 Å². The van der Waals surface area contributed by atoms with Crippen LogP contribution in [-0.4, -0.2) is 57.7 Å². The van der Waals surface area contributed by atoms with E-state index in [1.165, 1.54) is 0 Å². The first-order chi connectivity index (χ1) is 14.4. The molecule has 0 heterocycles. The van der Waals surface area contributed by atoms with Crippen molar-refractivity contribution in [3.05, 3.63) is 81.9 Å². The average molecular weight is 445 g/mol. The molecule has 0 fully saturated rings. The quantitative estimate of drug-likeness (QED) is 0.458. The Kier molecular flexibility index (Phi) is 6.11. The predicted octanol–water partition coefficient (Wildman–Crippen LogP) is 6.74. The van der Waals surface area contributed by atoms with Crippen LogP contribution < -0.4 is 0 Å². The number of benzene rings is 2. The number of allylic oxidation sites excluding steroid dienone is 2. The SMILES string of the molecule is [Li][CH]1C(C)=C([Si](C2=C(C)[CH]([Li])c3ccccc32)([Si](C)(C)C)[Si](C)(C)C)c2ccccc21. The topological polar surface area (TPSA) is 0 Å². The summed E-state index contributed by atoms with van der Waals surface area (Å²) in [5, 5.41) is 3.68. The molecule has 0 aliphatic heterocycles. The summed E-state index contributed by atoms with van der Waals surface area (Å²) in [5.41, 5.74) is 9.69. The third-order valence-electron chi connectivity index (χ3n) is 8.48. The zero-order valence-electron chi connectivity index (χ0n) is 21.3. The van der Waals surface area contributed by atoms with E-state index >= 15 is 0 Å². The van der Waals surface area contributed by atoms with Gasteiger partial charge in [0.05, 0.1) is 0 Å². The van der Waals surface area contributed by atoms with Crippen molar-refractivity contribution in [2.45, 2.75) is 62.3 Å². The van der Waals surface area contributed by atoms with Crippen LogP contribution >= 0.6 is 0 Å². The van der Waals surface area contributed by atoms with Crippen LogP contribution in [0.15, 0.2) is 59.7 Å². The molecule has 2 aliphatic carbocycles. The van der Waals surface area contributed by atoms with E-state index in [0.29, 0.717) is 9.18 Å². The summed E-state index contributed by atoms with van der Waals surface area (Å²) in [4.78, 5) is 0. The van der Waals surface area contributed by atoms with Crippen LogP contribution in [0.5, 0.6) is 0 Å². The van der Waals surface area contributed by atoms with Gasteiger partial charge in [0.2, 0.25) is 0 Å². The van der Waals surface area contributed by atoms with Gasteiger partial charge >= 0.3 is 212 Å². The molecule has 0 radical (unpaired) electrons. The van der Waals surface area contributed by atoms with Crippen molar-refractivity contribution in [2.75, 3.05) is 0 Å². The van der Waals surface area contributed by atoms with E-state index in [2.05, 4.69) is 137 Å². The summed E-state index contributed by atoms with van der Waals surface area (Å²) in [6.07, 6.45) is 0. The van der Waals surface area contributed by atoms with Gasteiger partial charge in [-0.1, -0.05) is 0 Å². The molecule has 2 aliphatic rings. The summed E-state index contributed by atoms with van der Waals surface area (Å²) in [7, 11) is -5.20. The van der Waals surface area contributed by atoms with Crippen LogP contribution in [0.2, 0.25) is 39.3 Å². The normalized spacial score (nSPS) is 21.7. The summed E-state index contributed by atoms with van der Waals surface area (Å²) in [6, 6.07) is 18.8. The minimum absolute atomic E-state index is 0.542. The van der Waals surface area contributed by atoms with Gasteiger partial charge in [-0.2, -0.15) is 0 Å². The molecule has 0 N–H and O–H groups in total. The van der Waals surface area contributed by atoms with Gasteiger partial charge in [0.1, 0.15) is 0 Å². The fourth-order valence-electron chi connectivity index (χ4n) is 7.27. The number of rotatable bonds is 4. The van der Waals surface area contributed by atoms with Gasteiger partial charge in [-0.15, -0.1) is 0 Å². The molecule has 0 saturated heterocycles. The summed E-state index contributed by atoms with van der Waals surface area (Å²) < 4.78 is 1.08. The second kappa shape index (κ2) is 7.92. The van der Waals surface area contributed by atoms with E-state index < -0.39 is 22.3 Å². The third kappa shape index (κ3) is 3.27. The fraction of sp³-hybridized carbons (Fsp3) is 0.385. The van der Waals surface area contributed by atoms with Crippen molar-refractivity contribution in [1.29, 1.82) is 0 Å². The van der Waals surface area contributed by atoms with E-state index in [1.807, 2.05) is 10.4 Å². The zero-order valence-corrected chi connectivity index (χ0v) is 24.3. The minimum atomic E-state index is -2.01. The molecule has 5 heteroatoms. The Morgan fingerprint density at radius 1 is 0.581 bits per heavy atom. The van der Waals surface area contributed by atoms with Crippen molar-refractivity contribution in [3.8, 4) is 0 Å². The third-order valence-corrected chi connectivity index (χ3v) is 45.8. The van der Waals surface area contributed by atoms with Gasteiger partial charge in [-0.05, 0) is 0 Å². The maximum absolute atomic E-state index is 2.70. The Hall–Kier alpha value is -0.235. The van der Waals surface area contributed by atoms with E-state index in [1.54, 1.807) is 33.4 Å². The first-order valence-electron chi connectivity index (χ1n) is 12.0. The molecule has 2 aromatic carbocycles. The number of hydrogen-bond donors (Lipinski definition) is 0. The number of fused-ring (bicyclic) bond motifs is 2. The van der Waals surface area contributed by atoms with Gasteiger partial charge in [-0.3, -0.25) is 0 Å². The van der Waals surface area contributed by atoms with Crippen LogP contribution in [0, 0.1) is 0 Å². The second-order valence-electron chi connectivity index (χ2n) is 12.0. The molecule has 2 atom stereocenters. The molecule has 0 spiro atoms. The van der Waals surface area contributed by atoms with Gasteiger partial charge in [-0.25, -0.2) is 0 Å². The van der Waals surface area contributed by atoms with Crippen molar-refractivity contribution in [3.63, 3.8) is 0 Å². The Morgan fingerprint density at radius 2 is 0.903 bits per heavy atom. The van der Waals surface area contributed by atoms with Crippen LogP contribution in [-0.2, 0) is 0 Å². The summed E-state index contributed by atoms with van der Waals surface area (Å²) in [6.45, 7) is 21.2. The van der Waals surface area contributed by atoms with Gasteiger partial charge < -0.3 is 0 Å². The average Bonchev–Trinajstić information content (AvgIpc) is 3.08. The first kappa shape index (κ1) is 23.9. The molecular weight excluding hydrogens is 410 g/mol. The molecule has 152 valence electrons. The van der Waals surface area contributed by atoms with Crippen LogP contribution in [0.4, 0.5) is 0 Å². The predicted molar refractivity (Wildman–Crippen MR) is 148 cm³/mol. The van der Waals surface area contributed by atoms with E-state index in [-0.39, 0.29) is 0 Å². The van der Waals surface area contributed by atoms with Crippen molar-refractivity contribution in [1.82, 2.24) is 0 Å². The molecule has 0 saturated carbocycles. The van der Waals surface area contributed by atoms with Gasteiger partial charge in [0.15, 0.2) is 0 Å². The summed E-state index contributed by atoms with van der Waals surface area (Å²) >= 11 is 4.89. The van der Waals surface area contributed by atoms with Gasteiger partial charge in [0.25, 0.3) is 0 Å². The number of hydrogen-bond acceptors (Lipinski definition) is 0. The Balaban J connectivity index is 2.20. The molecule has 4 rings (SSSR count). The summed E-state index contributed by atoms with van der Waals surface area (Å²) in [5.74, 6) is 0. The zero-order chi connectivity index (χ0) is 22.9. The monoisotopic (exact) mass is 444 g/mol. The van der Waals surface area contributed by atoms with E-state index in [4.69, 9.17) is 0 Å². The van der Waals surface area contributed by atoms with Crippen LogP contribution in [0.25, 0.3) is 10.4 Å². The van der Waals surface area contributed by atoms with Crippen LogP contribution in [0.3, 0.4) is 0 Å². The van der Waals surface area contributed by atoms with Crippen molar-refractivity contribution >= 4 is 68.1 Å². The van der Waals surface area contributed by atoms with Crippen LogP contribution in [0.1, 0.15) is 45.3 Å². The second-order valence-corrected chi connectivity index (χ2v) is 38.5. The van der Waals surface area contributed by atoms with E-state index in [0.717, 1.165) is 0 Å². The molecular formula is C26H34Li2Si3. The Morgan fingerprint density at radius 3 is 1.23 bits per heavy atom. The Bertz CT molecular complexity index is 1030. The van der Waals surface area contributed by atoms with Crippen molar-refractivity contribution < 1.29 is 0 Å². The molecule has 0 nitrogen and oxygen atoms in total. The molecule has 0 aromatic heterocycles. The Labute approximate surface area is 211 Å². The van der Waals surface area contributed by atoms with Crippen molar-refractivity contribution in [2.24, 2.45) is 0 Å². The first-order valence-corrected chi connectivity index (χ1v) is 23.0. The fourth-order valence-corrected chi connectivity index (χ4v) is 55.6. The standard InChI is InChI=1S/C26H34Si3.2Li/c1-19-17-21-13-9-11-15-23(21)25(19)29(27(3,4)5,28(6,7)8)26-20(2)18-22-14-10-12-16-24(22)26;;/h9-18H,1-8H3;;. The molecule has 2 unspecified atom stereocenters.